The smallest absolute Gasteiger partial charge is 0.234 e. The van der Waals surface area contributed by atoms with Gasteiger partial charge in [-0.25, -0.2) is 8.78 Å². The number of rotatable bonds is 5. The number of hydrogen-bond acceptors (Lipinski definition) is 3. The molecule has 1 aromatic heterocycles. The Kier molecular flexibility index (Phi) is 4.57. The first-order valence-corrected chi connectivity index (χ1v) is 6.65. The van der Waals surface area contributed by atoms with Gasteiger partial charge >= 0.3 is 0 Å². The monoisotopic (exact) mass is 283 g/mol. The zero-order valence-electron chi connectivity index (χ0n) is 9.86. The van der Waals surface area contributed by atoms with Crippen LogP contribution in [0, 0.1) is 11.6 Å². The van der Waals surface area contributed by atoms with Gasteiger partial charge in [0.1, 0.15) is 17.4 Å². The van der Waals surface area contributed by atoms with Gasteiger partial charge in [0.05, 0.1) is 23.5 Å². The van der Waals surface area contributed by atoms with Gasteiger partial charge in [0.25, 0.3) is 0 Å². The molecule has 0 radical (unpaired) electrons. The Morgan fingerprint density at radius 3 is 2.89 bits per heavy atom. The highest BCUT2D eigenvalue weighted by Gasteiger charge is 2.08. The second-order valence-corrected chi connectivity index (χ2v) is 4.73. The first kappa shape index (κ1) is 13.6. The number of furan rings is 1. The van der Waals surface area contributed by atoms with Crippen LogP contribution in [0.25, 0.3) is 0 Å². The number of thioether (sulfide) groups is 1. The van der Waals surface area contributed by atoms with Gasteiger partial charge in [-0.1, -0.05) is 0 Å². The van der Waals surface area contributed by atoms with E-state index >= 15 is 0 Å². The molecule has 0 bridgehead atoms. The normalized spacial score (nSPS) is 10.4. The van der Waals surface area contributed by atoms with Crippen LogP contribution in [0.1, 0.15) is 5.76 Å². The van der Waals surface area contributed by atoms with Crippen molar-refractivity contribution in [1.29, 1.82) is 0 Å². The zero-order valence-corrected chi connectivity index (χ0v) is 10.7. The molecule has 1 aromatic carbocycles. The third kappa shape index (κ3) is 4.10. The minimum Gasteiger partial charge on any atom is -0.468 e. The van der Waals surface area contributed by atoms with Gasteiger partial charge in [0.2, 0.25) is 5.91 Å². The topological polar surface area (TPSA) is 42.2 Å². The van der Waals surface area contributed by atoms with Gasteiger partial charge in [-0.15, -0.1) is 11.8 Å². The molecule has 100 valence electrons. The van der Waals surface area contributed by atoms with Crippen LogP contribution in [0.3, 0.4) is 0 Å². The quantitative estimate of drug-likeness (QED) is 0.914. The molecule has 0 spiro atoms. The van der Waals surface area contributed by atoms with Crippen LogP contribution in [0.5, 0.6) is 0 Å². The summed E-state index contributed by atoms with van der Waals surface area (Å²) in [7, 11) is 0. The molecule has 1 amide bonds. The molecule has 19 heavy (non-hydrogen) atoms. The summed E-state index contributed by atoms with van der Waals surface area (Å²) in [5, 5.41) is 2.33. The highest BCUT2D eigenvalue weighted by molar-refractivity contribution is 7.99. The Hall–Kier alpha value is -1.82. The summed E-state index contributed by atoms with van der Waals surface area (Å²) < 4.78 is 31.3. The van der Waals surface area contributed by atoms with Crippen molar-refractivity contribution in [1.82, 2.24) is 0 Å². The molecule has 0 aliphatic carbocycles. The maximum Gasteiger partial charge on any atom is 0.234 e. The van der Waals surface area contributed by atoms with E-state index in [1.807, 2.05) is 0 Å². The van der Waals surface area contributed by atoms with Crippen LogP contribution >= 0.6 is 11.8 Å². The van der Waals surface area contributed by atoms with E-state index < -0.39 is 11.6 Å². The lowest BCUT2D eigenvalue weighted by Gasteiger charge is -2.06. The molecular formula is C13H11F2NO2S. The number of carbonyl (C=O) groups excluding carboxylic acids is 1. The van der Waals surface area contributed by atoms with Gasteiger partial charge < -0.3 is 9.73 Å². The van der Waals surface area contributed by atoms with Crippen LogP contribution in [0.15, 0.2) is 41.0 Å². The minimum atomic E-state index is -0.661. The maximum absolute atomic E-state index is 13.3. The number of amides is 1. The Bertz CT molecular complexity index is 558. The first-order chi connectivity index (χ1) is 9.15. The minimum absolute atomic E-state index is 0.136. The third-order valence-electron chi connectivity index (χ3n) is 2.26. The van der Waals surface area contributed by atoms with Gasteiger partial charge in [0.15, 0.2) is 0 Å². The second kappa shape index (κ2) is 6.38. The molecule has 2 rings (SSSR count). The number of halogens is 2. The Balaban J connectivity index is 1.82. The molecule has 0 unspecified atom stereocenters. The molecule has 0 aliphatic heterocycles. The van der Waals surface area contributed by atoms with Crippen LogP contribution in [-0.4, -0.2) is 11.7 Å². The highest BCUT2D eigenvalue weighted by Crippen LogP contribution is 2.17. The fourth-order valence-corrected chi connectivity index (χ4v) is 2.14. The number of carbonyl (C=O) groups is 1. The molecule has 6 heteroatoms. The summed E-state index contributed by atoms with van der Waals surface area (Å²) in [4.78, 5) is 11.6. The van der Waals surface area contributed by atoms with Crippen LogP contribution in [-0.2, 0) is 10.5 Å². The number of benzene rings is 1. The van der Waals surface area contributed by atoms with Crippen LogP contribution in [0.2, 0.25) is 0 Å². The van der Waals surface area contributed by atoms with Crippen molar-refractivity contribution in [3.63, 3.8) is 0 Å². The van der Waals surface area contributed by atoms with Crippen molar-refractivity contribution in [3.8, 4) is 0 Å². The summed E-state index contributed by atoms with van der Waals surface area (Å²) in [5.74, 6) is -0.204. The third-order valence-corrected chi connectivity index (χ3v) is 3.22. The molecule has 3 nitrogen and oxygen atoms in total. The lowest BCUT2D eigenvalue weighted by Crippen LogP contribution is -2.15. The average molecular weight is 283 g/mol. The molecule has 0 saturated carbocycles. The number of hydrogen-bond donors (Lipinski definition) is 1. The van der Waals surface area contributed by atoms with Gasteiger partial charge in [-0.05, 0) is 24.3 Å². The second-order valence-electron chi connectivity index (χ2n) is 3.74. The lowest BCUT2D eigenvalue weighted by atomic mass is 10.3. The van der Waals surface area contributed by atoms with Crippen LogP contribution in [0.4, 0.5) is 14.5 Å². The standard InChI is InChI=1S/C13H11F2NO2S/c14-9-3-4-11(15)12(6-9)16-13(17)8-19-7-10-2-1-5-18-10/h1-6H,7-8H2,(H,16,17). The van der Waals surface area contributed by atoms with E-state index in [1.165, 1.54) is 11.8 Å². The highest BCUT2D eigenvalue weighted by atomic mass is 32.2. The predicted octanol–water partition coefficient (Wildman–Crippen LogP) is 3.43. The zero-order chi connectivity index (χ0) is 13.7. The predicted molar refractivity (Wildman–Crippen MR) is 69.9 cm³/mol. The van der Waals surface area contributed by atoms with Crippen molar-refractivity contribution in [3.05, 3.63) is 54.0 Å². The van der Waals surface area contributed by atoms with E-state index in [4.69, 9.17) is 4.42 Å². The van der Waals surface area contributed by atoms with E-state index in [0.29, 0.717) is 5.75 Å². The summed E-state index contributed by atoms with van der Waals surface area (Å²) in [6.45, 7) is 0. The molecule has 0 saturated heterocycles. The number of anilines is 1. The molecular weight excluding hydrogens is 272 g/mol. The van der Waals surface area contributed by atoms with Gasteiger partial charge in [-0.3, -0.25) is 4.79 Å². The van der Waals surface area contributed by atoms with E-state index in [2.05, 4.69) is 5.32 Å². The number of nitrogens with one attached hydrogen (secondary N) is 1. The van der Waals surface area contributed by atoms with Crippen molar-refractivity contribution < 1.29 is 18.0 Å². The SMILES string of the molecule is O=C(CSCc1ccco1)Nc1cc(F)ccc1F. The molecule has 0 atom stereocenters. The lowest BCUT2D eigenvalue weighted by molar-refractivity contribution is -0.113. The average Bonchev–Trinajstić information content (AvgIpc) is 2.87. The van der Waals surface area contributed by atoms with Gasteiger partial charge in [0, 0.05) is 6.07 Å². The summed E-state index contributed by atoms with van der Waals surface area (Å²) in [6.07, 6.45) is 1.55. The Morgan fingerprint density at radius 2 is 2.16 bits per heavy atom. The largest absolute Gasteiger partial charge is 0.468 e. The summed E-state index contributed by atoms with van der Waals surface area (Å²) in [6, 6.07) is 6.48. The van der Waals surface area contributed by atoms with E-state index in [0.717, 1.165) is 24.0 Å². The van der Waals surface area contributed by atoms with Crippen molar-refractivity contribution >= 4 is 23.4 Å². The molecule has 0 fully saturated rings. The Morgan fingerprint density at radius 1 is 1.32 bits per heavy atom. The summed E-state index contributed by atoms with van der Waals surface area (Å²) in [5.41, 5.74) is -0.149. The van der Waals surface area contributed by atoms with Crippen LogP contribution < -0.4 is 5.32 Å². The molecule has 2 aromatic rings. The van der Waals surface area contributed by atoms with E-state index in [-0.39, 0.29) is 17.3 Å². The van der Waals surface area contributed by atoms with Crippen molar-refractivity contribution in [2.75, 3.05) is 11.1 Å². The molecule has 1 N–H and O–H groups in total. The molecule has 0 aliphatic rings. The fourth-order valence-electron chi connectivity index (χ4n) is 1.42. The van der Waals surface area contributed by atoms with Crippen molar-refractivity contribution in [2.45, 2.75) is 5.75 Å². The molecule has 1 heterocycles. The Labute approximate surface area is 113 Å². The summed E-state index contributed by atoms with van der Waals surface area (Å²) >= 11 is 1.33. The van der Waals surface area contributed by atoms with E-state index in [1.54, 1.807) is 18.4 Å². The fraction of sp³-hybridized carbons (Fsp3) is 0.154. The first-order valence-electron chi connectivity index (χ1n) is 5.50. The van der Waals surface area contributed by atoms with E-state index in [9.17, 15) is 13.6 Å². The maximum atomic E-state index is 13.3. The van der Waals surface area contributed by atoms with Gasteiger partial charge in [-0.2, -0.15) is 0 Å². The van der Waals surface area contributed by atoms with Crippen molar-refractivity contribution in [2.24, 2.45) is 0 Å².